The van der Waals surface area contributed by atoms with Gasteiger partial charge in [0.15, 0.2) is 11.5 Å². The van der Waals surface area contributed by atoms with Crippen molar-refractivity contribution in [3.63, 3.8) is 0 Å². The van der Waals surface area contributed by atoms with E-state index in [-0.39, 0.29) is 33.3 Å². The van der Waals surface area contributed by atoms with Crippen molar-refractivity contribution in [2.75, 3.05) is 5.32 Å². The van der Waals surface area contributed by atoms with Gasteiger partial charge in [-0.1, -0.05) is 22.8 Å². The van der Waals surface area contributed by atoms with Crippen LogP contribution in [0.2, 0.25) is 5.15 Å². The number of rotatable bonds is 6. The van der Waals surface area contributed by atoms with Gasteiger partial charge in [-0.3, -0.25) is 9.36 Å². The van der Waals surface area contributed by atoms with Gasteiger partial charge in [-0.2, -0.15) is 4.98 Å². The molecule has 1 aromatic carbocycles. The van der Waals surface area contributed by atoms with Crippen molar-refractivity contribution in [3.8, 4) is 0 Å². The van der Waals surface area contributed by atoms with Crippen LogP contribution in [0.15, 0.2) is 33.6 Å². The smallest absolute Gasteiger partial charge is 0.359 e. The lowest BCUT2D eigenvalue weighted by Crippen LogP contribution is -2.49. The first kappa shape index (κ1) is 30.2. The molecule has 44 heavy (non-hydrogen) atoms. The third kappa shape index (κ3) is 5.27. The summed E-state index contributed by atoms with van der Waals surface area (Å²) in [5.41, 5.74) is 2.00. The predicted octanol–water partition coefficient (Wildman–Crippen LogP) is 6.65. The van der Waals surface area contributed by atoms with E-state index >= 15 is 0 Å². The molecule has 0 saturated heterocycles. The maximum absolute atomic E-state index is 13.9. The van der Waals surface area contributed by atoms with Gasteiger partial charge < -0.3 is 14.6 Å². The van der Waals surface area contributed by atoms with Gasteiger partial charge in [-0.05, 0) is 104 Å². The second kappa shape index (κ2) is 10.7. The van der Waals surface area contributed by atoms with Gasteiger partial charge in [-0.25, -0.2) is 14.8 Å². The number of pyridine rings is 1. The minimum absolute atomic E-state index is 0.0611. The highest BCUT2D eigenvalue weighted by Gasteiger charge is 2.54. The van der Waals surface area contributed by atoms with Crippen LogP contribution in [0, 0.1) is 13.8 Å². The summed E-state index contributed by atoms with van der Waals surface area (Å²) < 4.78 is 13.0. The van der Waals surface area contributed by atoms with E-state index in [2.05, 4.69) is 26.5 Å². The number of anilines is 1. The van der Waals surface area contributed by atoms with Crippen molar-refractivity contribution in [2.24, 2.45) is 7.05 Å². The Balaban J connectivity index is 1.38. The van der Waals surface area contributed by atoms with Gasteiger partial charge in [0.05, 0.1) is 22.6 Å². The van der Waals surface area contributed by atoms with E-state index in [0.717, 1.165) is 61.4 Å². The summed E-state index contributed by atoms with van der Waals surface area (Å²) in [6.45, 7) is 11.2. The third-order valence-electron chi connectivity index (χ3n) is 9.35. The molecule has 11 heteroatoms. The first-order valence-electron chi connectivity index (χ1n) is 15.2. The fourth-order valence-corrected chi connectivity index (χ4v) is 7.20. The van der Waals surface area contributed by atoms with Crippen LogP contribution in [0.5, 0.6) is 0 Å². The lowest BCUT2D eigenvalue weighted by atomic mass is 9.53. The predicted molar refractivity (Wildman–Crippen MR) is 168 cm³/mol. The van der Waals surface area contributed by atoms with Crippen LogP contribution in [0.4, 0.5) is 5.69 Å². The zero-order chi connectivity index (χ0) is 31.6. The Bertz CT molecular complexity index is 1810. The van der Waals surface area contributed by atoms with Crippen LogP contribution in [0.1, 0.15) is 111 Å². The number of benzene rings is 1. The summed E-state index contributed by atoms with van der Waals surface area (Å²) in [4.78, 5) is 41.1. The largest absolute Gasteiger partial charge is 0.455 e. The van der Waals surface area contributed by atoms with E-state index in [1.807, 2.05) is 33.9 Å². The molecule has 3 saturated carbocycles. The van der Waals surface area contributed by atoms with Crippen molar-refractivity contribution in [1.29, 1.82) is 0 Å². The minimum atomic E-state index is -0.696. The zero-order valence-corrected chi connectivity index (χ0v) is 27.1. The number of aryl methyl sites for hydroxylation is 2. The maximum atomic E-state index is 13.9. The molecule has 3 aromatic heterocycles. The SMILES string of the molecule is Cc1cc([C@@H](C)Nc2ccc(Cl)nc2C(=O)OC(C)(C)C)c2nc(C34CCC(c5nc(C)no5)(CC3)CC4)n(C)c(=O)c2c1. The molecule has 7 rings (SSSR count). The average Bonchev–Trinajstić information content (AvgIpc) is 3.42. The van der Waals surface area contributed by atoms with Gasteiger partial charge in [0, 0.05) is 23.4 Å². The number of aromatic nitrogens is 5. The van der Waals surface area contributed by atoms with E-state index in [1.165, 1.54) is 0 Å². The van der Waals surface area contributed by atoms with Crippen molar-refractivity contribution in [2.45, 2.75) is 103 Å². The van der Waals surface area contributed by atoms with E-state index in [9.17, 15) is 9.59 Å². The summed E-state index contributed by atoms with van der Waals surface area (Å²) in [5, 5.41) is 8.25. The Morgan fingerprint density at radius 3 is 2.32 bits per heavy atom. The molecule has 0 amide bonds. The summed E-state index contributed by atoms with van der Waals surface area (Å²) in [6.07, 6.45) is 5.43. The number of ether oxygens (including phenoxy) is 1. The molecule has 3 aliphatic carbocycles. The highest BCUT2D eigenvalue weighted by molar-refractivity contribution is 6.29. The number of fused-ring (bicyclic) bond motifs is 4. The number of halogens is 1. The zero-order valence-electron chi connectivity index (χ0n) is 26.4. The number of esters is 1. The molecule has 10 nitrogen and oxygen atoms in total. The number of carbonyl (C=O) groups excluding carboxylic acids is 1. The van der Waals surface area contributed by atoms with Gasteiger partial charge >= 0.3 is 5.97 Å². The lowest BCUT2D eigenvalue weighted by Gasteiger charge is -2.51. The molecule has 3 heterocycles. The normalized spacial score (nSPS) is 22.3. The molecular weight excluding hydrogens is 580 g/mol. The lowest BCUT2D eigenvalue weighted by molar-refractivity contribution is 0.00640. The van der Waals surface area contributed by atoms with Gasteiger partial charge in [0.25, 0.3) is 5.56 Å². The fourth-order valence-electron chi connectivity index (χ4n) is 7.06. The standard InChI is InChI=1S/C33H39ClN6O4/c1-18-16-21(19(2)35-23-8-9-24(34)37-26(23)28(42)43-31(4,5)6)25-22(17-18)27(41)40(7)29(38-25)32-10-13-33(14-11-32,15-12-32)30-36-20(3)39-44-30/h8-9,16-17,19,35H,10-15H2,1-7H3/t19-,32?,33?/m1/s1. The second-order valence-electron chi connectivity index (χ2n) is 13.7. The van der Waals surface area contributed by atoms with Crippen LogP contribution in [0.3, 0.4) is 0 Å². The van der Waals surface area contributed by atoms with Crippen LogP contribution in [-0.4, -0.2) is 36.2 Å². The van der Waals surface area contributed by atoms with Crippen LogP contribution >= 0.6 is 11.6 Å². The van der Waals surface area contributed by atoms with E-state index in [1.54, 1.807) is 37.5 Å². The van der Waals surface area contributed by atoms with Crippen LogP contribution in [0.25, 0.3) is 10.9 Å². The molecule has 2 bridgehead atoms. The van der Waals surface area contributed by atoms with Gasteiger partial charge in [-0.15, -0.1) is 0 Å². The van der Waals surface area contributed by atoms with E-state index in [0.29, 0.717) is 22.4 Å². The third-order valence-corrected chi connectivity index (χ3v) is 9.56. The summed E-state index contributed by atoms with van der Waals surface area (Å²) in [6, 6.07) is 6.99. The Labute approximate surface area is 261 Å². The first-order valence-corrected chi connectivity index (χ1v) is 15.6. The van der Waals surface area contributed by atoms with Crippen molar-refractivity contribution >= 4 is 34.2 Å². The number of hydrogen-bond donors (Lipinski definition) is 1. The molecule has 1 N–H and O–H groups in total. The molecule has 3 fully saturated rings. The molecule has 0 radical (unpaired) electrons. The number of nitrogens with one attached hydrogen (secondary N) is 1. The molecule has 0 spiro atoms. The molecule has 232 valence electrons. The van der Waals surface area contributed by atoms with Crippen LogP contribution in [-0.2, 0) is 22.6 Å². The Morgan fingerprint density at radius 2 is 1.70 bits per heavy atom. The van der Waals surface area contributed by atoms with E-state index < -0.39 is 11.6 Å². The summed E-state index contributed by atoms with van der Waals surface area (Å²) in [5.74, 6) is 1.65. The Kier molecular flexibility index (Phi) is 7.34. The van der Waals surface area contributed by atoms with E-state index in [4.69, 9.17) is 25.8 Å². The highest BCUT2D eigenvalue weighted by atomic mass is 35.5. The van der Waals surface area contributed by atoms with Crippen molar-refractivity contribution in [1.82, 2.24) is 24.7 Å². The molecule has 1 atom stereocenters. The Morgan fingerprint density at radius 1 is 1.05 bits per heavy atom. The highest BCUT2D eigenvalue weighted by Crippen LogP contribution is 2.57. The number of hydrogen-bond acceptors (Lipinski definition) is 9. The second-order valence-corrected chi connectivity index (χ2v) is 14.0. The molecule has 0 unspecified atom stereocenters. The summed E-state index contributed by atoms with van der Waals surface area (Å²) >= 11 is 6.18. The molecule has 4 aromatic rings. The minimum Gasteiger partial charge on any atom is -0.455 e. The number of carbonyl (C=O) groups is 1. The average molecular weight is 619 g/mol. The van der Waals surface area contributed by atoms with Gasteiger partial charge in [0.2, 0.25) is 5.89 Å². The topological polar surface area (TPSA) is 125 Å². The quantitative estimate of drug-likeness (QED) is 0.187. The van der Waals surface area contributed by atoms with Crippen molar-refractivity contribution < 1.29 is 14.1 Å². The Hall–Kier alpha value is -3.79. The summed E-state index contributed by atoms with van der Waals surface area (Å²) in [7, 11) is 1.84. The number of nitrogens with zero attached hydrogens (tertiary/aromatic N) is 5. The monoisotopic (exact) mass is 618 g/mol. The van der Waals surface area contributed by atoms with Crippen molar-refractivity contribution in [3.05, 3.63) is 74.1 Å². The molecule has 0 aliphatic heterocycles. The fraction of sp³-hybridized carbons (Fsp3) is 0.515. The molecule has 3 aliphatic rings. The van der Waals surface area contributed by atoms with Crippen LogP contribution < -0.4 is 10.9 Å². The first-order chi connectivity index (χ1) is 20.7. The van der Waals surface area contributed by atoms with Gasteiger partial charge in [0.1, 0.15) is 16.6 Å². The molecular formula is C33H39ClN6O4. The maximum Gasteiger partial charge on any atom is 0.359 e.